The molecule has 0 saturated carbocycles. The average molecular weight is 306 g/mol. The number of nitrogens with one attached hydrogen (secondary N) is 2. The van der Waals surface area contributed by atoms with Gasteiger partial charge in [-0.05, 0) is 50.2 Å². The molecule has 1 aliphatic heterocycles. The van der Waals surface area contributed by atoms with Crippen molar-refractivity contribution in [2.75, 3.05) is 19.6 Å². The van der Waals surface area contributed by atoms with Gasteiger partial charge < -0.3 is 10.3 Å². The Kier molecular flexibility index (Phi) is 4.17. The number of carbonyl (C=O) groups excluding carboxylic acids is 1. The molecule has 1 aromatic carbocycles. The van der Waals surface area contributed by atoms with Crippen molar-refractivity contribution in [2.45, 2.75) is 25.8 Å². The van der Waals surface area contributed by atoms with Crippen LogP contribution in [0.5, 0.6) is 0 Å². The number of aromatic nitrogens is 1. The lowest BCUT2D eigenvalue weighted by molar-refractivity contribution is 0.0937. The second-order valence-corrected chi connectivity index (χ2v) is 5.99. The lowest BCUT2D eigenvalue weighted by atomic mass is 10.2. The highest BCUT2D eigenvalue weighted by atomic mass is 35.5. The first-order chi connectivity index (χ1) is 10.2. The average Bonchev–Trinajstić information content (AvgIpc) is 3.10. The molecule has 3 rings (SSSR count). The zero-order valence-corrected chi connectivity index (χ0v) is 12.9. The van der Waals surface area contributed by atoms with Crippen LogP contribution in [0.2, 0.25) is 5.02 Å². The molecule has 21 heavy (non-hydrogen) atoms. The molecule has 4 nitrogen and oxygen atoms in total. The van der Waals surface area contributed by atoms with Gasteiger partial charge in [-0.2, -0.15) is 0 Å². The third-order valence-corrected chi connectivity index (χ3v) is 4.47. The molecule has 2 aromatic rings. The molecule has 0 radical (unpaired) electrons. The van der Waals surface area contributed by atoms with E-state index in [9.17, 15) is 4.79 Å². The monoisotopic (exact) mass is 305 g/mol. The Morgan fingerprint density at radius 3 is 3.14 bits per heavy atom. The fourth-order valence-corrected chi connectivity index (χ4v) is 3.25. The molecule has 2 N–H and O–H groups in total. The first-order valence-corrected chi connectivity index (χ1v) is 7.85. The summed E-state index contributed by atoms with van der Waals surface area (Å²) in [7, 11) is 0. The van der Waals surface area contributed by atoms with E-state index in [1.165, 1.54) is 6.42 Å². The van der Waals surface area contributed by atoms with Crippen molar-refractivity contribution in [1.29, 1.82) is 0 Å². The second kappa shape index (κ2) is 6.08. The van der Waals surface area contributed by atoms with E-state index < -0.39 is 0 Å². The highest BCUT2D eigenvalue weighted by Crippen LogP contribution is 2.20. The van der Waals surface area contributed by atoms with Gasteiger partial charge in [0.25, 0.3) is 5.91 Å². The number of aromatic amines is 1. The number of hydrogen-bond donors (Lipinski definition) is 2. The Labute approximate surface area is 129 Å². The van der Waals surface area contributed by atoms with Crippen LogP contribution in [0.4, 0.5) is 0 Å². The number of halogens is 1. The van der Waals surface area contributed by atoms with Crippen LogP contribution in [0, 0.1) is 0 Å². The molecule has 1 aromatic heterocycles. The normalized spacial score (nSPS) is 19.2. The molecular weight excluding hydrogens is 286 g/mol. The van der Waals surface area contributed by atoms with E-state index in [4.69, 9.17) is 11.6 Å². The summed E-state index contributed by atoms with van der Waals surface area (Å²) in [4.78, 5) is 17.8. The standard InChI is InChI=1S/C16H20ClN3O/c1-2-20-7-3-4-13(20)10-18-16(21)15-9-11-8-12(17)5-6-14(11)19-15/h5-6,8-9,13,19H,2-4,7,10H2,1H3,(H,18,21)/t13-/m0/s1. The molecule has 1 aliphatic rings. The zero-order chi connectivity index (χ0) is 14.8. The van der Waals surface area contributed by atoms with Crippen LogP contribution in [0.3, 0.4) is 0 Å². The Morgan fingerprint density at radius 1 is 1.48 bits per heavy atom. The predicted molar refractivity (Wildman–Crippen MR) is 85.9 cm³/mol. The maximum atomic E-state index is 12.3. The maximum Gasteiger partial charge on any atom is 0.267 e. The van der Waals surface area contributed by atoms with Crippen LogP contribution in [0.1, 0.15) is 30.3 Å². The summed E-state index contributed by atoms with van der Waals surface area (Å²) in [5.41, 5.74) is 1.52. The van der Waals surface area contributed by atoms with Crippen LogP contribution in [-0.4, -0.2) is 41.5 Å². The number of nitrogens with zero attached hydrogens (tertiary/aromatic N) is 1. The van der Waals surface area contributed by atoms with E-state index in [1.807, 2.05) is 24.3 Å². The number of carbonyl (C=O) groups is 1. The summed E-state index contributed by atoms with van der Waals surface area (Å²) in [5.74, 6) is -0.0507. The van der Waals surface area contributed by atoms with E-state index in [0.29, 0.717) is 23.3 Å². The molecule has 1 saturated heterocycles. The number of H-pyrrole nitrogens is 1. The summed E-state index contributed by atoms with van der Waals surface area (Å²) < 4.78 is 0. The third kappa shape index (κ3) is 3.06. The summed E-state index contributed by atoms with van der Waals surface area (Å²) in [6.45, 7) is 5.07. The van der Waals surface area contributed by atoms with E-state index >= 15 is 0 Å². The van der Waals surface area contributed by atoms with Crippen LogP contribution in [-0.2, 0) is 0 Å². The smallest absolute Gasteiger partial charge is 0.267 e. The van der Waals surface area contributed by atoms with Gasteiger partial charge in [-0.15, -0.1) is 0 Å². The minimum Gasteiger partial charge on any atom is -0.351 e. The molecule has 1 atom stereocenters. The number of hydrogen-bond acceptors (Lipinski definition) is 2. The van der Waals surface area contributed by atoms with Crippen molar-refractivity contribution in [3.63, 3.8) is 0 Å². The molecule has 1 amide bonds. The number of likely N-dealkylation sites (tertiary alicyclic amines) is 1. The molecule has 5 heteroatoms. The van der Waals surface area contributed by atoms with Crippen molar-refractivity contribution in [3.05, 3.63) is 35.0 Å². The van der Waals surface area contributed by atoms with Crippen LogP contribution in [0.25, 0.3) is 10.9 Å². The van der Waals surface area contributed by atoms with Crippen molar-refractivity contribution in [3.8, 4) is 0 Å². The Bertz CT molecular complexity index is 652. The maximum absolute atomic E-state index is 12.3. The lowest BCUT2D eigenvalue weighted by Gasteiger charge is -2.22. The van der Waals surface area contributed by atoms with E-state index in [1.54, 1.807) is 0 Å². The van der Waals surface area contributed by atoms with Crippen LogP contribution < -0.4 is 5.32 Å². The van der Waals surface area contributed by atoms with Crippen molar-refractivity contribution >= 4 is 28.4 Å². The first kappa shape index (κ1) is 14.4. The number of amides is 1. The topological polar surface area (TPSA) is 48.1 Å². The molecule has 2 heterocycles. The van der Waals surface area contributed by atoms with Gasteiger partial charge in [-0.3, -0.25) is 9.69 Å². The molecule has 1 fully saturated rings. The minimum absolute atomic E-state index is 0.0507. The molecule has 0 bridgehead atoms. The predicted octanol–water partition coefficient (Wildman–Crippen LogP) is 3.04. The van der Waals surface area contributed by atoms with Gasteiger partial charge in [-0.1, -0.05) is 18.5 Å². The lowest BCUT2D eigenvalue weighted by Crippen LogP contribution is -2.40. The summed E-state index contributed by atoms with van der Waals surface area (Å²) in [6.07, 6.45) is 2.38. The number of likely N-dealkylation sites (N-methyl/N-ethyl adjacent to an activating group) is 1. The quantitative estimate of drug-likeness (QED) is 0.912. The molecule has 0 unspecified atom stereocenters. The van der Waals surface area contributed by atoms with E-state index in [-0.39, 0.29) is 5.91 Å². The van der Waals surface area contributed by atoms with Crippen molar-refractivity contribution < 1.29 is 4.79 Å². The van der Waals surface area contributed by atoms with Gasteiger partial charge in [0.2, 0.25) is 0 Å². The van der Waals surface area contributed by atoms with E-state index in [0.717, 1.165) is 30.4 Å². The van der Waals surface area contributed by atoms with Crippen molar-refractivity contribution in [2.24, 2.45) is 0 Å². The Balaban J connectivity index is 1.66. The van der Waals surface area contributed by atoms with Gasteiger partial charge in [-0.25, -0.2) is 0 Å². The van der Waals surface area contributed by atoms with Crippen molar-refractivity contribution in [1.82, 2.24) is 15.2 Å². The molecular formula is C16H20ClN3O. The minimum atomic E-state index is -0.0507. The van der Waals surface area contributed by atoms with Gasteiger partial charge in [0.05, 0.1) is 0 Å². The van der Waals surface area contributed by atoms with E-state index in [2.05, 4.69) is 22.1 Å². The number of fused-ring (bicyclic) bond motifs is 1. The van der Waals surface area contributed by atoms with Gasteiger partial charge in [0.1, 0.15) is 5.69 Å². The molecule has 0 spiro atoms. The zero-order valence-electron chi connectivity index (χ0n) is 12.2. The molecule has 112 valence electrons. The van der Waals surface area contributed by atoms with Gasteiger partial charge >= 0.3 is 0 Å². The Morgan fingerprint density at radius 2 is 2.33 bits per heavy atom. The highest BCUT2D eigenvalue weighted by molar-refractivity contribution is 6.31. The summed E-state index contributed by atoms with van der Waals surface area (Å²) >= 11 is 5.97. The summed E-state index contributed by atoms with van der Waals surface area (Å²) in [6, 6.07) is 7.89. The highest BCUT2D eigenvalue weighted by Gasteiger charge is 2.23. The Hall–Kier alpha value is -1.52. The third-order valence-electron chi connectivity index (χ3n) is 4.23. The van der Waals surface area contributed by atoms with Gasteiger partial charge in [0.15, 0.2) is 0 Å². The number of rotatable bonds is 4. The number of benzene rings is 1. The fraction of sp³-hybridized carbons (Fsp3) is 0.438. The van der Waals surface area contributed by atoms with Gasteiger partial charge in [0, 0.05) is 28.5 Å². The summed E-state index contributed by atoms with van der Waals surface area (Å²) in [5, 5.41) is 4.68. The van der Waals surface area contributed by atoms with Crippen LogP contribution >= 0.6 is 11.6 Å². The SMILES string of the molecule is CCN1CCC[C@H]1CNC(=O)c1cc2cc(Cl)ccc2[nH]1. The first-order valence-electron chi connectivity index (χ1n) is 7.48. The second-order valence-electron chi connectivity index (χ2n) is 5.55. The van der Waals surface area contributed by atoms with Crippen LogP contribution in [0.15, 0.2) is 24.3 Å². The molecule has 0 aliphatic carbocycles. The fourth-order valence-electron chi connectivity index (χ4n) is 3.07. The largest absolute Gasteiger partial charge is 0.351 e.